The monoisotopic (exact) mass is 440 g/mol. The topological polar surface area (TPSA) is 104 Å². The molecule has 2 amide bonds. The lowest BCUT2D eigenvalue weighted by Crippen LogP contribution is -2.38. The average molecular weight is 441 g/mol. The second-order valence-corrected chi connectivity index (χ2v) is 7.25. The number of amides is 2. The number of anilines is 1. The molecule has 160 valence electrons. The second kappa shape index (κ2) is 9.90. The van der Waals surface area contributed by atoms with E-state index >= 15 is 0 Å². The molecule has 3 rings (SSSR count). The van der Waals surface area contributed by atoms with E-state index in [1.807, 2.05) is 6.92 Å². The number of hydrogen-bond acceptors (Lipinski definition) is 4. The molecule has 0 aliphatic carbocycles. The Labute approximate surface area is 183 Å². The Hall–Kier alpha value is -3.65. The summed E-state index contributed by atoms with van der Waals surface area (Å²) in [6, 6.07) is 15.3. The standard InChI is InChI=1S/C22H21ClN4O4/c1-2-12-26(14-20(29)24-17-8-6-16(23)7-9-17)22(31)15-4-3-5-18(13-15)27-21(30)11-10-19(28)25-27/h3-11,13H,2,12,14H2,1H3,(H,24,29)(H,25,28). The van der Waals surface area contributed by atoms with Crippen molar-refractivity contribution in [3.8, 4) is 5.69 Å². The van der Waals surface area contributed by atoms with Crippen LogP contribution in [0.3, 0.4) is 0 Å². The number of benzene rings is 2. The van der Waals surface area contributed by atoms with E-state index in [1.54, 1.807) is 42.5 Å². The normalized spacial score (nSPS) is 10.5. The molecule has 0 fully saturated rings. The van der Waals surface area contributed by atoms with Crippen molar-refractivity contribution in [3.05, 3.63) is 92.0 Å². The second-order valence-electron chi connectivity index (χ2n) is 6.82. The van der Waals surface area contributed by atoms with Crippen LogP contribution in [0.2, 0.25) is 5.02 Å². The predicted octanol–water partition coefficient (Wildman–Crippen LogP) is 2.67. The van der Waals surface area contributed by atoms with Gasteiger partial charge in [-0.25, -0.2) is 4.68 Å². The molecular formula is C22H21ClN4O4. The highest BCUT2D eigenvalue weighted by molar-refractivity contribution is 6.30. The predicted molar refractivity (Wildman–Crippen MR) is 119 cm³/mol. The van der Waals surface area contributed by atoms with E-state index in [-0.39, 0.29) is 18.4 Å². The summed E-state index contributed by atoms with van der Waals surface area (Å²) < 4.78 is 1.07. The van der Waals surface area contributed by atoms with Gasteiger partial charge in [0.15, 0.2) is 0 Å². The molecule has 0 saturated heterocycles. The summed E-state index contributed by atoms with van der Waals surface area (Å²) in [7, 11) is 0. The van der Waals surface area contributed by atoms with Gasteiger partial charge in [0.25, 0.3) is 17.0 Å². The fourth-order valence-corrected chi connectivity index (χ4v) is 3.13. The lowest BCUT2D eigenvalue weighted by Gasteiger charge is -2.22. The third-order valence-electron chi connectivity index (χ3n) is 4.41. The number of aromatic nitrogens is 2. The van der Waals surface area contributed by atoms with Crippen LogP contribution in [-0.4, -0.2) is 39.6 Å². The Morgan fingerprint density at radius 3 is 2.52 bits per heavy atom. The van der Waals surface area contributed by atoms with Crippen molar-refractivity contribution >= 4 is 29.1 Å². The Morgan fingerprint density at radius 1 is 1.06 bits per heavy atom. The zero-order chi connectivity index (χ0) is 22.4. The number of carbonyl (C=O) groups excluding carboxylic acids is 2. The minimum absolute atomic E-state index is 0.137. The minimum Gasteiger partial charge on any atom is -0.329 e. The molecule has 0 spiro atoms. The summed E-state index contributed by atoms with van der Waals surface area (Å²) in [6.07, 6.45) is 0.658. The summed E-state index contributed by atoms with van der Waals surface area (Å²) in [6.45, 7) is 2.14. The lowest BCUT2D eigenvalue weighted by atomic mass is 10.1. The van der Waals surface area contributed by atoms with Gasteiger partial charge < -0.3 is 10.2 Å². The first-order chi connectivity index (χ1) is 14.9. The molecule has 0 radical (unpaired) electrons. The lowest BCUT2D eigenvalue weighted by molar-refractivity contribution is -0.116. The molecule has 2 aromatic carbocycles. The molecule has 0 saturated carbocycles. The number of hydrogen-bond donors (Lipinski definition) is 2. The van der Waals surface area contributed by atoms with Crippen LogP contribution in [0, 0.1) is 0 Å². The van der Waals surface area contributed by atoms with Crippen LogP contribution in [0.15, 0.2) is 70.3 Å². The van der Waals surface area contributed by atoms with E-state index < -0.39 is 11.1 Å². The van der Waals surface area contributed by atoms with Crippen molar-refractivity contribution in [2.45, 2.75) is 13.3 Å². The molecule has 8 nitrogen and oxygen atoms in total. The number of H-pyrrole nitrogens is 1. The van der Waals surface area contributed by atoms with Crippen LogP contribution in [0.4, 0.5) is 5.69 Å². The van der Waals surface area contributed by atoms with Crippen LogP contribution in [-0.2, 0) is 4.79 Å². The molecule has 0 aliphatic heterocycles. The van der Waals surface area contributed by atoms with E-state index in [4.69, 9.17) is 11.6 Å². The van der Waals surface area contributed by atoms with Gasteiger partial charge in [-0.05, 0) is 48.9 Å². The highest BCUT2D eigenvalue weighted by Gasteiger charge is 2.19. The van der Waals surface area contributed by atoms with Gasteiger partial charge in [0, 0.05) is 35.0 Å². The van der Waals surface area contributed by atoms with Crippen LogP contribution in [0.25, 0.3) is 5.69 Å². The minimum atomic E-state index is -0.442. The first kappa shape index (κ1) is 22.0. The molecule has 31 heavy (non-hydrogen) atoms. The Morgan fingerprint density at radius 2 is 1.81 bits per heavy atom. The van der Waals surface area contributed by atoms with E-state index in [9.17, 15) is 19.2 Å². The summed E-state index contributed by atoms with van der Waals surface area (Å²) in [4.78, 5) is 50.6. The smallest absolute Gasteiger partial charge is 0.269 e. The van der Waals surface area contributed by atoms with Gasteiger partial charge >= 0.3 is 0 Å². The van der Waals surface area contributed by atoms with Crippen molar-refractivity contribution in [2.75, 3.05) is 18.4 Å². The number of carbonyl (C=O) groups is 2. The molecule has 2 N–H and O–H groups in total. The number of nitrogens with zero attached hydrogens (tertiary/aromatic N) is 2. The number of nitrogens with one attached hydrogen (secondary N) is 2. The average Bonchev–Trinajstić information content (AvgIpc) is 2.76. The number of aromatic amines is 1. The van der Waals surface area contributed by atoms with E-state index in [0.29, 0.717) is 34.9 Å². The van der Waals surface area contributed by atoms with Gasteiger partial charge in [0.2, 0.25) is 5.91 Å². The molecule has 1 heterocycles. The van der Waals surface area contributed by atoms with Crippen molar-refractivity contribution in [1.82, 2.24) is 14.7 Å². The van der Waals surface area contributed by atoms with Crippen LogP contribution in [0.1, 0.15) is 23.7 Å². The van der Waals surface area contributed by atoms with Gasteiger partial charge in [-0.3, -0.25) is 24.3 Å². The van der Waals surface area contributed by atoms with Crippen molar-refractivity contribution in [2.24, 2.45) is 0 Å². The Bertz CT molecular complexity index is 1200. The Balaban J connectivity index is 1.80. The third-order valence-corrected chi connectivity index (χ3v) is 4.67. The van der Waals surface area contributed by atoms with E-state index in [2.05, 4.69) is 10.4 Å². The molecule has 0 bridgehead atoms. The SMILES string of the molecule is CCCN(CC(=O)Nc1ccc(Cl)cc1)C(=O)c1cccc(-n2[nH]c(=O)ccc2=O)c1. The molecule has 1 aromatic heterocycles. The third kappa shape index (κ3) is 5.70. The maximum absolute atomic E-state index is 13.1. The maximum Gasteiger partial charge on any atom is 0.269 e. The van der Waals surface area contributed by atoms with Crippen molar-refractivity contribution in [1.29, 1.82) is 0 Å². The van der Waals surface area contributed by atoms with Crippen molar-refractivity contribution in [3.63, 3.8) is 0 Å². The van der Waals surface area contributed by atoms with Crippen LogP contribution in [0.5, 0.6) is 0 Å². The molecule has 0 unspecified atom stereocenters. The molecular weight excluding hydrogens is 420 g/mol. The van der Waals surface area contributed by atoms with Crippen molar-refractivity contribution < 1.29 is 9.59 Å². The summed E-state index contributed by atoms with van der Waals surface area (Å²) in [5.41, 5.74) is 0.338. The summed E-state index contributed by atoms with van der Waals surface area (Å²) in [5.74, 6) is -0.704. The number of halogens is 1. The van der Waals surface area contributed by atoms with Gasteiger partial charge in [-0.15, -0.1) is 0 Å². The molecule has 3 aromatic rings. The first-order valence-electron chi connectivity index (χ1n) is 9.65. The van der Waals surface area contributed by atoms with E-state index in [0.717, 1.165) is 16.8 Å². The molecule has 9 heteroatoms. The van der Waals surface area contributed by atoms with Crippen LogP contribution < -0.4 is 16.4 Å². The number of rotatable bonds is 7. The fraction of sp³-hybridized carbons (Fsp3) is 0.182. The zero-order valence-electron chi connectivity index (χ0n) is 16.8. The summed E-state index contributed by atoms with van der Waals surface area (Å²) >= 11 is 5.85. The molecule has 0 atom stereocenters. The zero-order valence-corrected chi connectivity index (χ0v) is 17.6. The maximum atomic E-state index is 13.1. The molecule has 0 aliphatic rings. The summed E-state index contributed by atoms with van der Waals surface area (Å²) in [5, 5.41) is 5.72. The highest BCUT2D eigenvalue weighted by Crippen LogP contribution is 2.14. The van der Waals surface area contributed by atoms with Gasteiger partial charge in [-0.2, -0.15) is 0 Å². The largest absolute Gasteiger partial charge is 0.329 e. The first-order valence-corrected chi connectivity index (χ1v) is 10.0. The highest BCUT2D eigenvalue weighted by atomic mass is 35.5. The van der Waals surface area contributed by atoms with Gasteiger partial charge in [0.05, 0.1) is 5.69 Å². The Kier molecular flexibility index (Phi) is 7.04. The van der Waals surface area contributed by atoms with Crippen LogP contribution >= 0.6 is 11.6 Å². The van der Waals surface area contributed by atoms with E-state index in [1.165, 1.54) is 11.0 Å². The fourth-order valence-electron chi connectivity index (χ4n) is 3.01. The quantitative estimate of drug-likeness (QED) is 0.589. The van der Waals surface area contributed by atoms with Gasteiger partial charge in [0.1, 0.15) is 6.54 Å². The van der Waals surface area contributed by atoms with Gasteiger partial charge in [-0.1, -0.05) is 24.6 Å².